The third-order valence-corrected chi connectivity index (χ3v) is 3.86. The predicted octanol–water partition coefficient (Wildman–Crippen LogP) is 3.48. The van der Waals surface area contributed by atoms with Crippen molar-refractivity contribution in [2.75, 3.05) is 19.0 Å². The molecule has 96 valence electrons. The van der Waals surface area contributed by atoms with Crippen molar-refractivity contribution in [1.82, 2.24) is 4.98 Å². The van der Waals surface area contributed by atoms with Crippen LogP contribution in [0.25, 0.3) is 0 Å². The highest BCUT2D eigenvalue weighted by atomic mass is 32.1. The van der Waals surface area contributed by atoms with Crippen LogP contribution in [0.3, 0.4) is 0 Å². The van der Waals surface area contributed by atoms with E-state index in [4.69, 9.17) is 4.74 Å². The first-order chi connectivity index (χ1) is 8.72. The number of rotatable bonds is 5. The molecule has 1 aromatic carbocycles. The number of nitrogens with one attached hydrogen (secondary N) is 1. The summed E-state index contributed by atoms with van der Waals surface area (Å²) in [5, 5.41) is 4.06. The summed E-state index contributed by atoms with van der Waals surface area (Å²) in [4.78, 5) is 5.76. The van der Waals surface area contributed by atoms with Gasteiger partial charge in [0.15, 0.2) is 5.13 Å². The summed E-state index contributed by atoms with van der Waals surface area (Å²) >= 11 is 1.71. The molecule has 0 atom stereocenters. The smallest absolute Gasteiger partial charge is 0.182 e. The largest absolute Gasteiger partial charge is 0.494 e. The Hall–Kier alpha value is -1.55. The van der Waals surface area contributed by atoms with Crippen LogP contribution in [0.2, 0.25) is 0 Å². The molecule has 0 unspecified atom stereocenters. The lowest BCUT2D eigenvalue weighted by molar-refractivity contribution is 0.340. The molecule has 0 aliphatic carbocycles. The van der Waals surface area contributed by atoms with Crippen LogP contribution < -0.4 is 10.1 Å². The van der Waals surface area contributed by atoms with E-state index >= 15 is 0 Å². The van der Waals surface area contributed by atoms with E-state index < -0.39 is 0 Å². The molecule has 0 spiro atoms. The average Bonchev–Trinajstić information content (AvgIpc) is 2.71. The van der Waals surface area contributed by atoms with Gasteiger partial charge in [0.2, 0.25) is 0 Å². The Labute approximate surface area is 112 Å². The van der Waals surface area contributed by atoms with Crippen molar-refractivity contribution in [2.45, 2.75) is 20.3 Å². The minimum atomic E-state index is 0.701. The molecule has 0 fully saturated rings. The molecular weight excluding hydrogens is 244 g/mol. The molecule has 1 heterocycles. The maximum absolute atomic E-state index is 5.52. The molecule has 1 aromatic heterocycles. The monoisotopic (exact) mass is 262 g/mol. The fourth-order valence-corrected chi connectivity index (χ4v) is 2.75. The number of ether oxygens (including phenoxy) is 1. The Morgan fingerprint density at radius 2 is 2.22 bits per heavy atom. The molecule has 0 radical (unpaired) electrons. The summed E-state index contributed by atoms with van der Waals surface area (Å²) in [5.74, 6) is 0.936. The molecular formula is C14H18N2OS. The van der Waals surface area contributed by atoms with Crippen molar-refractivity contribution in [2.24, 2.45) is 0 Å². The zero-order chi connectivity index (χ0) is 13.0. The summed E-state index contributed by atoms with van der Waals surface area (Å²) in [6.45, 7) is 4.76. The molecule has 18 heavy (non-hydrogen) atoms. The minimum absolute atomic E-state index is 0.701. The first kappa shape index (κ1) is 12.9. The van der Waals surface area contributed by atoms with Crippen LogP contribution in [0.5, 0.6) is 5.75 Å². The summed E-state index contributed by atoms with van der Waals surface area (Å²) in [6, 6.07) is 8.25. The molecule has 0 saturated carbocycles. The summed E-state index contributed by atoms with van der Waals surface area (Å²) in [6.07, 6.45) is 0.909. The number of hydrogen-bond acceptors (Lipinski definition) is 4. The number of anilines is 1. The predicted molar refractivity (Wildman–Crippen MR) is 76.8 cm³/mol. The van der Waals surface area contributed by atoms with Crippen molar-refractivity contribution >= 4 is 16.5 Å². The summed E-state index contributed by atoms with van der Waals surface area (Å²) in [7, 11) is 1.90. The highest BCUT2D eigenvalue weighted by molar-refractivity contribution is 7.15. The van der Waals surface area contributed by atoms with E-state index in [-0.39, 0.29) is 0 Å². The quantitative estimate of drug-likeness (QED) is 0.895. The molecule has 0 amide bonds. The van der Waals surface area contributed by atoms with Gasteiger partial charge in [0.25, 0.3) is 0 Å². The molecule has 0 saturated heterocycles. The minimum Gasteiger partial charge on any atom is -0.494 e. The third-order valence-electron chi connectivity index (χ3n) is 2.68. The van der Waals surface area contributed by atoms with Gasteiger partial charge in [0.05, 0.1) is 12.3 Å². The van der Waals surface area contributed by atoms with Crippen LogP contribution in [-0.2, 0) is 6.42 Å². The molecule has 2 rings (SSSR count). The molecule has 0 aliphatic heterocycles. The van der Waals surface area contributed by atoms with Gasteiger partial charge < -0.3 is 10.1 Å². The van der Waals surface area contributed by atoms with Gasteiger partial charge in [0, 0.05) is 18.3 Å². The normalized spacial score (nSPS) is 10.4. The second-order valence-electron chi connectivity index (χ2n) is 4.03. The Kier molecular flexibility index (Phi) is 4.20. The van der Waals surface area contributed by atoms with Gasteiger partial charge in [0.1, 0.15) is 5.75 Å². The zero-order valence-corrected chi connectivity index (χ0v) is 11.8. The van der Waals surface area contributed by atoms with Gasteiger partial charge in [-0.2, -0.15) is 0 Å². The molecule has 2 aromatic rings. The highest BCUT2D eigenvalue weighted by Gasteiger charge is 2.07. The average molecular weight is 262 g/mol. The Morgan fingerprint density at radius 1 is 1.39 bits per heavy atom. The Morgan fingerprint density at radius 3 is 2.89 bits per heavy atom. The second-order valence-corrected chi connectivity index (χ2v) is 5.12. The maximum atomic E-state index is 5.52. The van der Waals surface area contributed by atoms with Gasteiger partial charge >= 0.3 is 0 Å². The SMILES string of the molecule is CCOc1cccc(Cc2sc(NC)nc2C)c1. The number of nitrogens with zero attached hydrogens (tertiary/aromatic N) is 1. The van der Waals surface area contributed by atoms with E-state index in [9.17, 15) is 0 Å². The number of hydrogen-bond donors (Lipinski definition) is 1. The zero-order valence-electron chi connectivity index (χ0n) is 11.0. The number of thiazole rings is 1. The number of aryl methyl sites for hydroxylation is 1. The molecule has 0 bridgehead atoms. The van der Waals surface area contributed by atoms with E-state index in [0.29, 0.717) is 6.61 Å². The van der Waals surface area contributed by atoms with Crippen LogP contribution in [-0.4, -0.2) is 18.6 Å². The standard InChI is InChI=1S/C14H18N2OS/c1-4-17-12-7-5-6-11(8-12)9-13-10(2)16-14(15-3)18-13/h5-8H,4,9H2,1-3H3,(H,15,16). The fraction of sp³-hybridized carbons (Fsp3) is 0.357. The molecule has 3 nitrogen and oxygen atoms in total. The Balaban J connectivity index is 2.17. The van der Waals surface area contributed by atoms with Crippen molar-refractivity contribution in [3.05, 3.63) is 40.4 Å². The van der Waals surface area contributed by atoms with E-state index in [1.54, 1.807) is 11.3 Å². The summed E-state index contributed by atoms with van der Waals surface area (Å²) in [5.41, 5.74) is 2.36. The van der Waals surface area contributed by atoms with Gasteiger partial charge in [-0.1, -0.05) is 12.1 Å². The van der Waals surface area contributed by atoms with Crippen molar-refractivity contribution in [1.29, 1.82) is 0 Å². The van der Waals surface area contributed by atoms with Crippen LogP contribution in [0.15, 0.2) is 24.3 Å². The van der Waals surface area contributed by atoms with Gasteiger partial charge in [-0.25, -0.2) is 4.98 Å². The van der Waals surface area contributed by atoms with Gasteiger partial charge in [-0.15, -0.1) is 11.3 Å². The fourth-order valence-electron chi connectivity index (χ4n) is 1.80. The van der Waals surface area contributed by atoms with Crippen molar-refractivity contribution in [3.8, 4) is 5.75 Å². The van der Waals surface area contributed by atoms with E-state index in [1.807, 2.05) is 26.1 Å². The van der Waals surface area contributed by atoms with Crippen LogP contribution in [0, 0.1) is 6.92 Å². The first-order valence-electron chi connectivity index (χ1n) is 6.08. The molecule has 1 N–H and O–H groups in total. The van der Waals surface area contributed by atoms with E-state index in [1.165, 1.54) is 10.4 Å². The highest BCUT2D eigenvalue weighted by Crippen LogP contribution is 2.25. The van der Waals surface area contributed by atoms with Crippen LogP contribution >= 0.6 is 11.3 Å². The third kappa shape index (κ3) is 3.01. The summed E-state index contributed by atoms with van der Waals surface area (Å²) < 4.78 is 5.52. The number of benzene rings is 1. The first-order valence-corrected chi connectivity index (χ1v) is 6.90. The van der Waals surface area contributed by atoms with Crippen LogP contribution in [0.1, 0.15) is 23.1 Å². The van der Waals surface area contributed by atoms with Crippen molar-refractivity contribution in [3.63, 3.8) is 0 Å². The second kappa shape index (κ2) is 5.87. The number of aromatic nitrogens is 1. The lowest BCUT2D eigenvalue weighted by Gasteiger charge is -2.05. The van der Waals surface area contributed by atoms with E-state index in [2.05, 4.69) is 29.4 Å². The lowest BCUT2D eigenvalue weighted by atomic mass is 10.1. The lowest BCUT2D eigenvalue weighted by Crippen LogP contribution is -1.93. The van der Waals surface area contributed by atoms with Crippen LogP contribution in [0.4, 0.5) is 5.13 Å². The van der Waals surface area contributed by atoms with Gasteiger partial charge in [-0.05, 0) is 31.5 Å². The Bertz CT molecular complexity index is 522. The topological polar surface area (TPSA) is 34.1 Å². The van der Waals surface area contributed by atoms with Crippen molar-refractivity contribution < 1.29 is 4.74 Å². The maximum Gasteiger partial charge on any atom is 0.182 e. The van der Waals surface area contributed by atoms with E-state index in [0.717, 1.165) is 23.0 Å². The molecule has 0 aliphatic rings. The van der Waals surface area contributed by atoms with Gasteiger partial charge in [-0.3, -0.25) is 0 Å². The molecule has 4 heteroatoms.